The molecule has 2 aromatic heterocycles. The molecule has 0 radical (unpaired) electrons. The van der Waals surface area contributed by atoms with Crippen molar-refractivity contribution in [3.8, 4) is 11.3 Å². The molecule has 0 aliphatic carbocycles. The van der Waals surface area contributed by atoms with Crippen molar-refractivity contribution >= 4 is 16.3 Å². The Morgan fingerprint density at radius 3 is 2.62 bits per heavy atom. The van der Waals surface area contributed by atoms with E-state index in [2.05, 4.69) is 56.0 Å². The highest BCUT2D eigenvalue weighted by atomic mass is 32.1. The zero-order valence-electron chi connectivity index (χ0n) is 12.7. The minimum absolute atomic E-state index is 0.0648. The number of hydrogen-bond acceptors (Lipinski definition) is 4. The van der Waals surface area contributed by atoms with Crippen molar-refractivity contribution in [1.29, 1.82) is 0 Å². The Morgan fingerprint density at radius 1 is 1.24 bits per heavy atom. The molecule has 1 aromatic carbocycles. The number of imidazole rings is 1. The Bertz CT molecular complexity index is 801. The van der Waals surface area contributed by atoms with Crippen LogP contribution >= 0.6 is 11.3 Å². The maximum atomic E-state index is 9.74. The molecule has 3 rings (SSSR count). The van der Waals surface area contributed by atoms with Gasteiger partial charge in [-0.2, -0.15) is 5.10 Å². The fraction of sp³-hybridized carbons (Fsp3) is 0.375. The highest BCUT2D eigenvalue weighted by molar-refractivity contribution is 7.16. The third-order valence-corrected chi connectivity index (χ3v) is 4.95. The van der Waals surface area contributed by atoms with E-state index >= 15 is 0 Å². The number of fused-ring (bicyclic) bond motifs is 1. The van der Waals surface area contributed by atoms with Gasteiger partial charge in [0.05, 0.1) is 18.0 Å². The molecule has 3 aromatic rings. The zero-order chi connectivity index (χ0) is 15.1. The molecule has 5 heteroatoms. The zero-order valence-corrected chi connectivity index (χ0v) is 13.5. The van der Waals surface area contributed by atoms with E-state index in [4.69, 9.17) is 0 Å². The molecule has 21 heavy (non-hydrogen) atoms. The van der Waals surface area contributed by atoms with Crippen LogP contribution in [0.25, 0.3) is 16.2 Å². The lowest BCUT2D eigenvalue weighted by atomic mass is 10.0. The van der Waals surface area contributed by atoms with E-state index in [0.29, 0.717) is 5.92 Å². The van der Waals surface area contributed by atoms with Crippen molar-refractivity contribution in [3.05, 3.63) is 40.0 Å². The number of aryl methyl sites for hydroxylation is 2. The average molecular weight is 301 g/mol. The number of aliphatic hydroxyl groups is 1. The number of aromatic nitrogens is 3. The van der Waals surface area contributed by atoms with Gasteiger partial charge in [0.15, 0.2) is 0 Å². The minimum Gasteiger partial charge on any atom is -0.390 e. The van der Waals surface area contributed by atoms with Gasteiger partial charge in [0.25, 0.3) is 0 Å². The normalized spacial score (nSPS) is 11.7. The van der Waals surface area contributed by atoms with Crippen molar-refractivity contribution < 1.29 is 5.11 Å². The van der Waals surface area contributed by atoms with E-state index in [1.165, 1.54) is 11.1 Å². The third kappa shape index (κ3) is 2.36. The van der Waals surface area contributed by atoms with E-state index in [1.807, 2.05) is 0 Å². The topological polar surface area (TPSA) is 50.4 Å². The number of benzene rings is 1. The smallest absolute Gasteiger partial charge is 0.213 e. The summed E-state index contributed by atoms with van der Waals surface area (Å²) in [5.41, 5.74) is 5.10. The van der Waals surface area contributed by atoms with E-state index in [9.17, 15) is 5.11 Å². The highest BCUT2D eigenvalue weighted by Crippen LogP contribution is 2.30. The lowest BCUT2D eigenvalue weighted by Gasteiger charge is -2.05. The number of rotatable bonds is 3. The quantitative estimate of drug-likeness (QED) is 0.802. The number of hydrogen-bond donors (Lipinski definition) is 1. The molecule has 110 valence electrons. The van der Waals surface area contributed by atoms with E-state index in [0.717, 1.165) is 26.9 Å². The van der Waals surface area contributed by atoms with Crippen molar-refractivity contribution in [2.24, 2.45) is 0 Å². The Labute approximate surface area is 128 Å². The number of aliphatic hydroxyl groups excluding tert-OH is 1. The third-order valence-electron chi connectivity index (χ3n) is 3.74. The Balaban J connectivity index is 2.18. The first kappa shape index (κ1) is 14.2. The first-order chi connectivity index (χ1) is 10.0. The lowest BCUT2D eigenvalue weighted by molar-refractivity contribution is 0.275. The van der Waals surface area contributed by atoms with Gasteiger partial charge < -0.3 is 5.11 Å². The molecule has 0 spiro atoms. The van der Waals surface area contributed by atoms with Gasteiger partial charge in [0, 0.05) is 11.5 Å². The molecule has 0 saturated carbocycles. The maximum absolute atomic E-state index is 9.74. The molecule has 0 bridgehead atoms. The summed E-state index contributed by atoms with van der Waals surface area (Å²) in [6.07, 6.45) is 0. The van der Waals surface area contributed by atoms with Crippen LogP contribution in [0.5, 0.6) is 0 Å². The molecule has 0 amide bonds. The van der Waals surface area contributed by atoms with Gasteiger partial charge in [0.2, 0.25) is 4.96 Å². The van der Waals surface area contributed by atoms with E-state index in [1.54, 1.807) is 15.9 Å². The molecular weight excluding hydrogens is 282 g/mol. The van der Waals surface area contributed by atoms with Crippen LogP contribution in [0.15, 0.2) is 18.2 Å². The first-order valence-corrected chi connectivity index (χ1v) is 7.89. The van der Waals surface area contributed by atoms with E-state index < -0.39 is 0 Å². The molecule has 0 fully saturated rings. The second-order valence-corrected chi connectivity index (χ2v) is 6.64. The summed E-state index contributed by atoms with van der Waals surface area (Å²) in [6, 6.07) is 6.26. The second kappa shape index (κ2) is 5.24. The molecule has 1 N–H and O–H groups in total. The highest BCUT2D eigenvalue weighted by Gasteiger charge is 2.18. The summed E-state index contributed by atoms with van der Waals surface area (Å²) in [5, 5.41) is 15.4. The van der Waals surface area contributed by atoms with Crippen LogP contribution in [0.4, 0.5) is 0 Å². The molecule has 0 aliphatic rings. The van der Waals surface area contributed by atoms with Crippen LogP contribution < -0.4 is 0 Å². The van der Waals surface area contributed by atoms with Gasteiger partial charge in [-0.3, -0.25) is 0 Å². The molecule has 4 nitrogen and oxygen atoms in total. The van der Waals surface area contributed by atoms with Gasteiger partial charge in [0.1, 0.15) is 5.01 Å². The average Bonchev–Trinajstić information content (AvgIpc) is 2.98. The standard InChI is InChI=1S/C16H19N3OS/c1-9(2)15-18-19-13(8-20)14(17-16(19)21-15)12-6-5-10(3)11(4)7-12/h5-7,9,20H,8H2,1-4H3. The fourth-order valence-corrected chi connectivity index (χ4v) is 3.22. The Kier molecular flexibility index (Phi) is 3.55. The molecule has 2 heterocycles. The van der Waals surface area contributed by atoms with Crippen molar-refractivity contribution in [2.75, 3.05) is 0 Å². The molecule has 0 unspecified atom stereocenters. The van der Waals surface area contributed by atoms with Crippen LogP contribution in [0.3, 0.4) is 0 Å². The predicted octanol–water partition coefficient (Wildman–Crippen LogP) is 3.69. The summed E-state index contributed by atoms with van der Waals surface area (Å²) < 4.78 is 1.78. The van der Waals surface area contributed by atoms with Crippen LogP contribution in [-0.2, 0) is 6.61 Å². The monoisotopic (exact) mass is 301 g/mol. The van der Waals surface area contributed by atoms with Crippen molar-refractivity contribution in [1.82, 2.24) is 14.6 Å². The van der Waals surface area contributed by atoms with Gasteiger partial charge in [-0.25, -0.2) is 9.50 Å². The molecule has 0 atom stereocenters. The first-order valence-electron chi connectivity index (χ1n) is 7.08. The lowest BCUT2D eigenvalue weighted by Crippen LogP contribution is -1.97. The minimum atomic E-state index is -0.0648. The number of nitrogens with zero attached hydrogens (tertiary/aromatic N) is 3. The van der Waals surface area contributed by atoms with Gasteiger partial charge in [-0.05, 0) is 31.0 Å². The SMILES string of the molecule is Cc1ccc(-c2nc3sc(C(C)C)nn3c2CO)cc1C. The van der Waals surface area contributed by atoms with Gasteiger partial charge in [-0.1, -0.05) is 37.3 Å². The van der Waals surface area contributed by atoms with Crippen LogP contribution in [0.2, 0.25) is 0 Å². The second-order valence-electron chi connectivity index (χ2n) is 5.65. The summed E-state index contributed by atoms with van der Waals surface area (Å²) in [4.78, 5) is 5.53. The molecule has 0 saturated heterocycles. The van der Waals surface area contributed by atoms with Crippen LogP contribution in [-0.4, -0.2) is 19.7 Å². The largest absolute Gasteiger partial charge is 0.390 e. The summed E-state index contributed by atoms with van der Waals surface area (Å²) in [7, 11) is 0. The Hall–Kier alpha value is -1.72. The maximum Gasteiger partial charge on any atom is 0.213 e. The summed E-state index contributed by atoms with van der Waals surface area (Å²) in [5.74, 6) is 0.369. The van der Waals surface area contributed by atoms with Gasteiger partial charge in [-0.15, -0.1) is 0 Å². The van der Waals surface area contributed by atoms with Crippen LogP contribution in [0.1, 0.15) is 41.6 Å². The molecule has 0 aliphatic heterocycles. The van der Waals surface area contributed by atoms with Gasteiger partial charge >= 0.3 is 0 Å². The van der Waals surface area contributed by atoms with E-state index in [-0.39, 0.29) is 6.61 Å². The fourth-order valence-electron chi connectivity index (χ4n) is 2.30. The van der Waals surface area contributed by atoms with Crippen LogP contribution in [0, 0.1) is 13.8 Å². The van der Waals surface area contributed by atoms with Crippen molar-refractivity contribution in [2.45, 2.75) is 40.2 Å². The summed E-state index contributed by atoms with van der Waals surface area (Å²) >= 11 is 1.59. The Morgan fingerprint density at radius 2 is 2.00 bits per heavy atom. The van der Waals surface area contributed by atoms with Crippen molar-refractivity contribution in [3.63, 3.8) is 0 Å². The molecular formula is C16H19N3OS. The summed E-state index contributed by atoms with van der Waals surface area (Å²) in [6.45, 7) is 8.34. The predicted molar refractivity (Wildman–Crippen MR) is 85.8 cm³/mol.